The maximum absolute atomic E-state index is 12.1. The lowest BCUT2D eigenvalue weighted by Crippen LogP contribution is -2.21. The van der Waals surface area contributed by atoms with Crippen LogP contribution in [-0.4, -0.2) is 11.6 Å². The maximum Gasteiger partial charge on any atom is 0.177 e. The van der Waals surface area contributed by atoms with Crippen LogP contribution >= 0.6 is 0 Å². The molecule has 1 aromatic rings. The summed E-state index contributed by atoms with van der Waals surface area (Å²) < 4.78 is 0. The summed E-state index contributed by atoms with van der Waals surface area (Å²) in [6.07, 6.45) is 2.24. The second-order valence-electron chi connectivity index (χ2n) is 4.28. The van der Waals surface area contributed by atoms with Gasteiger partial charge in [0.15, 0.2) is 11.6 Å². The molecule has 1 atom stereocenters. The van der Waals surface area contributed by atoms with Crippen molar-refractivity contribution in [1.82, 2.24) is 0 Å². The van der Waals surface area contributed by atoms with Gasteiger partial charge in [-0.15, -0.1) is 0 Å². The van der Waals surface area contributed by atoms with Crippen molar-refractivity contribution in [2.45, 2.75) is 20.3 Å². The predicted molar refractivity (Wildman–Crippen MR) is 62.4 cm³/mol. The Morgan fingerprint density at radius 2 is 1.81 bits per heavy atom. The van der Waals surface area contributed by atoms with Gasteiger partial charge >= 0.3 is 0 Å². The summed E-state index contributed by atoms with van der Waals surface area (Å²) >= 11 is 0. The number of hydrogen-bond acceptors (Lipinski definition) is 2. The lowest BCUT2D eigenvalue weighted by Gasteiger charge is -2.09. The van der Waals surface area contributed by atoms with Crippen molar-refractivity contribution in [3.63, 3.8) is 0 Å². The van der Waals surface area contributed by atoms with Crippen LogP contribution in [0.1, 0.15) is 29.3 Å². The summed E-state index contributed by atoms with van der Waals surface area (Å²) in [4.78, 5) is 23.7. The minimum absolute atomic E-state index is 0.0167. The Morgan fingerprint density at radius 1 is 1.19 bits per heavy atom. The van der Waals surface area contributed by atoms with Gasteiger partial charge in [0.2, 0.25) is 0 Å². The van der Waals surface area contributed by atoms with E-state index in [1.807, 2.05) is 32.1 Å². The Balaban J connectivity index is 2.29. The molecule has 2 heteroatoms. The number of hydrogen-bond donors (Lipinski definition) is 0. The summed E-state index contributed by atoms with van der Waals surface area (Å²) in [5.74, 6) is -0.595. The van der Waals surface area contributed by atoms with E-state index in [0.29, 0.717) is 12.0 Å². The molecule has 2 rings (SSSR count). The molecule has 0 aromatic heterocycles. The number of aryl methyl sites for hydroxylation is 1. The first-order valence-electron chi connectivity index (χ1n) is 5.40. The molecule has 0 radical (unpaired) electrons. The first-order chi connectivity index (χ1) is 7.59. The zero-order chi connectivity index (χ0) is 11.7. The van der Waals surface area contributed by atoms with Crippen molar-refractivity contribution in [2.24, 2.45) is 5.92 Å². The Labute approximate surface area is 95.0 Å². The molecule has 16 heavy (non-hydrogen) atoms. The van der Waals surface area contributed by atoms with Gasteiger partial charge in [-0.1, -0.05) is 41.5 Å². The highest BCUT2D eigenvalue weighted by Crippen LogP contribution is 2.25. The average molecular weight is 214 g/mol. The zero-order valence-electron chi connectivity index (χ0n) is 9.49. The van der Waals surface area contributed by atoms with E-state index in [-0.39, 0.29) is 11.6 Å². The van der Waals surface area contributed by atoms with E-state index in [1.54, 1.807) is 12.1 Å². The van der Waals surface area contributed by atoms with Crippen LogP contribution in [-0.2, 0) is 4.79 Å². The minimum Gasteiger partial charge on any atom is -0.298 e. The Morgan fingerprint density at radius 3 is 2.31 bits per heavy atom. The van der Waals surface area contributed by atoms with Gasteiger partial charge in [-0.3, -0.25) is 9.59 Å². The van der Waals surface area contributed by atoms with E-state index in [9.17, 15) is 9.59 Å². The number of benzene rings is 1. The van der Waals surface area contributed by atoms with Gasteiger partial charge in [0.25, 0.3) is 0 Å². The summed E-state index contributed by atoms with van der Waals surface area (Å²) in [7, 11) is 0. The van der Waals surface area contributed by atoms with E-state index in [2.05, 4.69) is 0 Å². The summed E-state index contributed by atoms with van der Waals surface area (Å²) in [5, 5.41) is 0. The fourth-order valence-corrected chi connectivity index (χ4v) is 1.99. The highest BCUT2D eigenvalue weighted by molar-refractivity contribution is 6.14. The van der Waals surface area contributed by atoms with E-state index < -0.39 is 5.92 Å². The second-order valence-corrected chi connectivity index (χ2v) is 4.28. The van der Waals surface area contributed by atoms with Gasteiger partial charge in [-0.05, 0) is 13.8 Å². The lowest BCUT2D eigenvalue weighted by atomic mass is 9.91. The average Bonchev–Trinajstić information content (AvgIpc) is 2.59. The lowest BCUT2D eigenvalue weighted by molar-refractivity contribution is -0.119. The number of carbonyl (C=O) groups excluding carboxylic acids is 2. The highest BCUT2D eigenvalue weighted by atomic mass is 16.2. The molecule has 2 nitrogen and oxygen atoms in total. The van der Waals surface area contributed by atoms with Crippen LogP contribution in [0.4, 0.5) is 0 Å². The molecule has 0 fully saturated rings. The smallest absolute Gasteiger partial charge is 0.177 e. The molecule has 0 aliphatic heterocycles. The van der Waals surface area contributed by atoms with Crippen molar-refractivity contribution in [3.8, 4) is 0 Å². The van der Waals surface area contributed by atoms with Crippen LogP contribution in [0.2, 0.25) is 0 Å². The van der Waals surface area contributed by atoms with Crippen LogP contribution in [0, 0.1) is 12.8 Å². The van der Waals surface area contributed by atoms with Gasteiger partial charge in [0.1, 0.15) is 5.92 Å². The molecule has 0 heterocycles. The van der Waals surface area contributed by atoms with Gasteiger partial charge in [0, 0.05) is 12.0 Å². The van der Waals surface area contributed by atoms with Crippen molar-refractivity contribution in [2.75, 3.05) is 0 Å². The Hall–Kier alpha value is -1.70. The second kappa shape index (κ2) is 4.05. The van der Waals surface area contributed by atoms with E-state index >= 15 is 0 Å². The first kappa shape index (κ1) is 10.8. The van der Waals surface area contributed by atoms with Crippen molar-refractivity contribution in [1.29, 1.82) is 0 Å². The van der Waals surface area contributed by atoms with Crippen LogP contribution in [0.15, 0.2) is 35.9 Å². The normalized spacial score (nSPS) is 19.8. The van der Waals surface area contributed by atoms with Gasteiger partial charge < -0.3 is 0 Å². The first-order valence-corrected chi connectivity index (χ1v) is 5.40. The van der Waals surface area contributed by atoms with Crippen LogP contribution in [0.3, 0.4) is 0 Å². The highest BCUT2D eigenvalue weighted by Gasteiger charge is 2.31. The molecule has 0 amide bonds. The number of Topliss-reactive ketones (excluding diaryl/α,β-unsaturated/α-hetero) is 2. The fourth-order valence-electron chi connectivity index (χ4n) is 1.99. The molecule has 1 aliphatic rings. The number of allylic oxidation sites excluding steroid dienone is 2. The standard InChI is InChI=1S/C14H14O2/c1-9-3-6-11(7-4-9)14(16)13-10(2)5-8-12(13)15/h3-7,13H,8H2,1-2H3. The van der Waals surface area contributed by atoms with Crippen molar-refractivity contribution >= 4 is 11.6 Å². The molecule has 0 saturated heterocycles. The molecular weight excluding hydrogens is 200 g/mol. The zero-order valence-corrected chi connectivity index (χ0v) is 9.49. The fraction of sp³-hybridized carbons (Fsp3) is 0.286. The van der Waals surface area contributed by atoms with Gasteiger partial charge in [-0.25, -0.2) is 0 Å². The van der Waals surface area contributed by atoms with E-state index in [0.717, 1.165) is 11.1 Å². The minimum atomic E-state index is -0.539. The quantitative estimate of drug-likeness (QED) is 0.431. The maximum atomic E-state index is 12.1. The van der Waals surface area contributed by atoms with Crippen LogP contribution < -0.4 is 0 Å². The number of ketones is 2. The topological polar surface area (TPSA) is 34.1 Å². The number of rotatable bonds is 2. The van der Waals surface area contributed by atoms with Crippen molar-refractivity contribution < 1.29 is 9.59 Å². The predicted octanol–water partition coefficient (Wildman–Crippen LogP) is 2.71. The molecule has 1 aliphatic carbocycles. The van der Waals surface area contributed by atoms with E-state index in [1.165, 1.54) is 0 Å². The third kappa shape index (κ3) is 1.83. The summed E-state index contributed by atoms with van der Waals surface area (Å²) in [6, 6.07) is 7.37. The van der Waals surface area contributed by atoms with Gasteiger partial charge in [-0.2, -0.15) is 0 Å². The molecular formula is C14H14O2. The monoisotopic (exact) mass is 214 g/mol. The summed E-state index contributed by atoms with van der Waals surface area (Å²) in [6.45, 7) is 3.82. The van der Waals surface area contributed by atoms with Crippen LogP contribution in [0.25, 0.3) is 0 Å². The number of carbonyl (C=O) groups is 2. The van der Waals surface area contributed by atoms with Gasteiger partial charge in [0.05, 0.1) is 0 Å². The summed E-state index contributed by atoms with van der Waals surface area (Å²) in [5.41, 5.74) is 2.62. The molecule has 0 saturated carbocycles. The Kier molecular flexibility index (Phi) is 2.73. The molecule has 1 unspecified atom stereocenters. The third-order valence-electron chi connectivity index (χ3n) is 3.00. The molecule has 82 valence electrons. The van der Waals surface area contributed by atoms with Crippen LogP contribution in [0.5, 0.6) is 0 Å². The SMILES string of the molecule is CC1=CCC(=O)C1C(=O)c1ccc(C)cc1. The molecule has 1 aromatic carbocycles. The molecule has 0 bridgehead atoms. The Bertz CT molecular complexity index is 466. The third-order valence-corrected chi connectivity index (χ3v) is 3.00. The molecule has 0 spiro atoms. The van der Waals surface area contributed by atoms with E-state index in [4.69, 9.17) is 0 Å². The van der Waals surface area contributed by atoms with Crippen molar-refractivity contribution in [3.05, 3.63) is 47.0 Å². The largest absolute Gasteiger partial charge is 0.298 e. The molecule has 0 N–H and O–H groups in total.